The molecule has 14 heteroatoms. The van der Waals surface area contributed by atoms with Gasteiger partial charge in [-0.15, -0.1) is 0 Å². The Hall–Kier alpha value is -2.60. The summed E-state index contributed by atoms with van der Waals surface area (Å²) in [5.74, 6) is 1.01. The molecule has 0 unspecified atom stereocenters. The summed E-state index contributed by atoms with van der Waals surface area (Å²) in [7, 11) is 3.10. The van der Waals surface area contributed by atoms with E-state index < -0.39 is 0 Å². The van der Waals surface area contributed by atoms with Gasteiger partial charge >= 0.3 is 34.1 Å². The molecule has 0 aromatic heterocycles. The van der Waals surface area contributed by atoms with E-state index in [4.69, 9.17) is 33.9 Å². The zero-order valence-electron chi connectivity index (χ0n) is 23.3. The summed E-state index contributed by atoms with van der Waals surface area (Å²) in [5, 5.41) is 32.2. The van der Waals surface area contributed by atoms with Crippen LogP contribution < -0.4 is 30.5 Å². The Morgan fingerprint density at radius 2 is 1.05 bits per heavy atom. The Labute approximate surface area is 269 Å². The van der Waals surface area contributed by atoms with Crippen LogP contribution in [-0.4, -0.2) is 72.9 Å². The van der Waals surface area contributed by atoms with Crippen LogP contribution in [0.15, 0.2) is 46.6 Å². The van der Waals surface area contributed by atoms with Crippen LogP contribution >= 0.6 is 24.4 Å². The Balaban J connectivity index is 0. The van der Waals surface area contributed by atoms with Gasteiger partial charge in [-0.1, -0.05) is 23.6 Å². The summed E-state index contributed by atoms with van der Waals surface area (Å²) >= 11 is 10.3. The maximum atomic E-state index is 11.6. The molecule has 226 valence electrons. The molecule has 0 aliphatic rings. The maximum absolute atomic E-state index is 11.6. The third-order valence-electron chi connectivity index (χ3n) is 5.26. The normalized spacial score (nSPS) is 9.95. The number of nitrogens with zero attached hydrogens (tertiary/aromatic N) is 4. The van der Waals surface area contributed by atoms with Gasteiger partial charge in [0.1, 0.15) is 11.5 Å². The summed E-state index contributed by atoms with van der Waals surface area (Å²) in [4.78, 5) is 3.91. The third-order valence-corrected chi connectivity index (χ3v) is 5.96. The largest absolute Gasteiger partial charge is 2.00 e. The first kappa shape index (κ1) is 39.5. The monoisotopic (exact) mass is 686 g/mol. The van der Waals surface area contributed by atoms with Crippen molar-refractivity contribution in [3.8, 4) is 23.0 Å². The quantitative estimate of drug-likeness (QED) is 0.167. The van der Waals surface area contributed by atoms with Crippen LogP contribution in [0.3, 0.4) is 0 Å². The van der Waals surface area contributed by atoms with Gasteiger partial charge in [-0.05, 0) is 87.5 Å². The molecule has 0 aliphatic heterocycles. The van der Waals surface area contributed by atoms with Crippen molar-refractivity contribution in [2.75, 3.05) is 40.4 Å². The molecular weight excluding hydrogens is 652 g/mol. The average Bonchev–Trinajstić information content (AvgIpc) is 2.92. The van der Waals surface area contributed by atoms with Gasteiger partial charge in [-0.2, -0.15) is 10.2 Å². The first-order chi connectivity index (χ1) is 18.2. The zero-order chi connectivity index (χ0) is 28.5. The van der Waals surface area contributed by atoms with Crippen molar-refractivity contribution in [2.24, 2.45) is 10.2 Å². The Morgan fingerprint density at radius 1 is 0.725 bits per heavy atom. The van der Waals surface area contributed by atoms with E-state index in [1.54, 1.807) is 38.5 Å². The molecule has 0 saturated carbocycles. The standard InChI is InChI=1S/2C13H19N3O2S.2Cu/c2*1-4-16(5-2)13(19)15-14-9-10-8-11(18-3)6-7-12(10)17;;/h2*6-9,17H,4-5H2,1-3H3,(H,15,19);;/q;;2*+2/p-2. The smallest absolute Gasteiger partial charge is 0.872 e. The second kappa shape index (κ2) is 22.1. The Morgan fingerprint density at radius 3 is 1.32 bits per heavy atom. The first-order valence-electron chi connectivity index (χ1n) is 12.1. The van der Waals surface area contributed by atoms with E-state index in [-0.39, 0.29) is 45.6 Å². The molecule has 40 heavy (non-hydrogen) atoms. The number of thiocarbonyl (C=S) groups is 2. The van der Waals surface area contributed by atoms with Gasteiger partial charge in [0.2, 0.25) is 0 Å². The molecule has 0 atom stereocenters. The Kier molecular flexibility index (Phi) is 21.9. The number of hydrazone groups is 2. The van der Waals surface area contributed by atoms with Gasteiger partial charge in [-0.25, -0.2) is 0 Å². The maximum Gasteiger partial charge on any atom is 2.00 e. The number of methoxy groups -OCH3 is 2. The van der Waals surface area contributed by atoms with Crippen LogP contribution in [0.1, 0.15) is 38.8 Å². The summed E-state index contributed by atoms with van der Waals surface area (Å²) in [6, 6.07) is 9.40. The summed E-state index contributed by atoms with van der Waals surface area (Å²) in [6.07, 6.45) is 2.89. The molecule has 2 aromatic rings. The third kappa shape index (κ3) is 13.6. The van der Waals surface area contributed by atoms with E-state index in [1.807, 2.05) is 37.5 Å². The fourth-order valence-electron chi connectivity index (χ4n) is 2.99. The van der Waals surface area contributed by atoms with Crippen molar-refractivity contribution in [3.05, 3.63) is 47.5 Å². The van der Waals surface area contributed by atoms with Crippen molar-refractivity contribution in [2.45, 2.75) is 27.7 Å². The number of ether oxygens (including phenoxy) is 2. The number of hydrogen-bond donors (Lipinski definition) is 2. The molecule has 0 heterocycles. The molecule has 0 bridgehead atoms. The predicted octanol–water partition coefficient (Wildman–Crippen LogP) is 2.63. The van der Waals surface area contributed by atoms with Crippen LogP contribution in [-0.2, 0) is 34.1 Å². The minimum Gasteiger partial charge on any atom is -0.872 e. The summed E-state index contributed by atoms with van der Waals surface area (Å²) < 4.78 is 10.1. The van der Waals surface area contributed by atoms with E-state index in [1.165, 1.54) is 24.6 Å². The molecule has 10 nitrogen and oxygen atoms in total. The summed E-state index contributed by atoms with van der Waals surface area (Å²) in [5.41, 5.74) is 6.40. The van der Waals surface area contributed by atoms with Crippen molar-refractivity contribution in [3.63, 3.8) is 0 Å². The van der Waals surface area contributed by atoms with E-state index >= 15 is 0 Å². The number of hydrogen-bond acceptors (Lipinski definition) is 8. The fraction of sp³-hybridized carbons (Fsp3) is 0.385. The molecule has 2 radical (unpaired) electrons. The SMILES string of the molecule is CCN(CC)C(=S)NN=Cc1cc(OC)ccc1[O-].CCN(CC)C(=S)NN=Cc1cc(OC)ccc1[O-].[Cu+2].[Cu+2]. The van der Waals surface area contributed by atoms with Gasteiger partial charge in [0.25, 0.3) is 0 Å². The van der Waals surface area contributed by atoms with E-state index in [0.29, 0.717) is 32.9 Å². The first-order valence-corrected chi connectivity index (χ1v) is 12.9. The Bertz CT molecular complexity index is 1020. The molecule has 2 N–H and O–H groups in total. The van der Waals surface area contributed by atoms with E-state index in [9.17, 15) is 10.2 Å². The van der Waals surface area contributed by atoms with Crippen LogP contribution in [0, 0.1) is 0 Å². The van der Waals surface area contributed by atoms with Crippen LogP contribution in [0.4, 0.5) is 0 Å². The number of nitrogens with one attached hydrogen (secondary N) is 2. The molecule has 0 amide bonds. The van der Waals surface area contributed by atoms with Crippen molar-refractivity contribution < 1.29 is 53.8 Å². The van der Waals surface area contributed by atoms with E-state index in [2.05, 4.69) is 21.1 Å². The van der Waals surface area contributed by atoms with Gasteiger partial charge in [-0.3, -0.25) is 10.9 Å². The van der Waals surface area contributed by atoms with Crippen LogP contribution in [0.2, 0.25) is 0 Å². The van der Waals surface area contributed by atoms with Crippen LogP contribution in [0.25, 0.3) is 0 Å². The molecule has 0 aliphatic carbocycles. The molecule has 0 fully saturated rings. The van der Waals surface area contributed by atoms with Gasteiger partial charge < -0.3 is 29.5 Å². The van der Waals surface area contributed by atoms with Crippen molar-refractivity contribution in [1.82, 2.24) is 20.7 Å². The average molecular weight is 688 g/mol. The topological polar surface area (TPSA) is 120 Å². The second-order valence-corrected chi connectivity index (χ2v) is 8.28. The van der Waals surface area contributed by atoms with Crippen molar-refractivity contribution in [1.29, 1.82) is 0 Å². The predicted molar refractivity (Wildman–Crippen MR) is 157 cm³/mol. The second-order valence-electron chi connectivity index (χ2n) is 7.50. The molecule has 2 aromatic carbocycles. The minimum atomic E-state index is -0.111. The molecule has 0 spiro atoms. The van der Waals surface area contributed by atoms with Crippen LogP contribution in [0.5, 0.6) is 23.0 Å². The van der Waals surface area contributed by atoms with Gasteiger partial charge in [0.05, 0.1) is 26.6 Å². The van der Waals surface area contributed by atoms with E-state index in [0.717, 1.165) is 26.2 Å². The van der Waals surface area contributed by atoms with Crippen molar-refractivity contribution >= 4 is 47.1 Å². The number of rotatable bonds is 10. The van der Waals surface area contributed by atoms with Gasteiger partial charge in [0.15, 0.2) is 10.2 Å². The van der Waals surface area contributed by atoms with Gasteiger partial charge in [0, 0.05) is 26.2 Å². The molecular formula is C26H36Cu2N6O4S2+2. The number of benzene rings is 2. The molecule has 2 rings (SSSR count). The fourth-order valence-corrected chi connectivity index (χ4v) is 3.61. The minimum absolute atomic E-state index is 0. The zero-order valence-corrected chi connectivity index (χ0v) is 26.8. The summed E-state index contributed by atoms with van der Waals surface area (Å²) in [6.45, 7) is 11.3. The molecule has 0 saturated heterocycles.